The molecule has 0 spiro atoms. The van der Waals surface area contributed by atoms with Gasteiger partial charge in [0, 0.05) is 35.5 Å². The molecule has 136 valence electrons. The number of nitrogens with zero attached hydrogens (tertiary/aromatic N) is 1. The van der Waals surface area contributed by atoms with E-state index in [1.807, 2.05) is 36.4 Å². The Labute approximate surface area is 167 Å². The Morgan fingerprint density at radius 1 is 0.852 bits per heavy atom. The maximum absolute atomic E-state index is 12.2. The molecule has 0 aliphatic carbocycles. The summed E-state index contributed by atoms with van der Waals surface area (Å²) in [6.45, 7) is 2.77. The van der Waals surface area contributed by atoms with Crippen LogP contribution in [0.15, 0.2) is 77.3 Å². The van der Waals surface area contributed by atoms with E-state index in [9.17, 15) is 4.79 Å². The Kier molecular flexibility index (Phi) is 5.23. The minimum Gasteiger partial charge on any atom is -0.308 e. The van der Waals surface area contributed by atoms with Crippen molar-refractivity contribution in [3.8, 4) is 0 Å². The highest BCUT2D eigenvalue weighted by atomic mass is 79.9. The molecule has 0 unspecified atom stereocenters. The summed E-state index contributed by atoms with van der Waals surface area (Å²) in [5.41, 5.74) is 5.48. The van der Waals surface area contributed by atoms with Crippen molar-refractivity contribution in [3.05, 3.63) is 94.0 Å². The standard InChI is InChI=1S/C22H20BrN3O/c23-19-7-10-20(11-8-19)24-22(27)25-21-9-6-17-14-26(15-18(17)12-21)13-16-4-2-1-3-5-16/h1-12H,13-15H2,(H2,24,25,27). The highest BCUT2D eigenvalue weighted by Gasteiger charge is 2.19. The SMILES string of the molecule is O=C(Nc1ccc(Br)cc1)Nc1ccc2c(c1)CN(Cc1ccccc1)C2. The molecule has 3 aromatic rings. The van der Waals surface area contributed by atoms with Crippen LogP contribution in [0.25, 0.3) is 0 Å². The smallest absolute Gasteiger partial charge is 0.308 e. The Morgan fingerprint density at radius 2 is 1.52 bits per heavy atom. The van der Waals surface area contributed by atoms with Crippen LogP contribution in [-0.2, 0) is 19.6 Å². The van der Waals surface area contributed by atoms with E-state index >= 15 is 0 Å². The lowest BCUT2D eigenvalue weighted by molar-refractivity contribution is 0.262. The van der Waals surface area contributed by atoms with E-state index in [0.717, 1.165) is 35.5 Å². The van der Waals surface area contributed by atoms with E-state index < -0.39 is 0 Å². The summed E-state index contributed by atoms with van der Waals surface area (Å²) in [5.74, 6) is 0. The third-order valence-electron chi connectivity index (χ3n) is 4.60. The molecule has 27 heavy (non-hydrogen) atoms. The van der Waals surface area contributed by atoms with E-state index in [2.05, 4.69) is 67.9 Å². The normalized spacial score (nSPS) is 13.2. The third kappa shape index (κ3) is 4.56. The van der Waals surface area contributed by atoms with Crippen molar-refractivity contribution in [2.75, 3.05) is 10.6 Å². The first-order valence-electron chi connectivity index (χ1n) is 8.87. The zero-order valence-electron chi connectivity index (χ0n) is 14.8. The highest BCUT2D eigenvalue weighted by molar-refractivity contribution is 9.10. The predicted molar refractivity (Wildman–Crippen MR) is 113 cm³/mol. The maximum Gasteiger partial charge on any atom is 0.323 e. The van der Waals surface area contributed by atoms with Gasteiger partial charge in [-0.15, -0.1) is 0 Å². The quantitative estimate of drug-likeness (QED) is 0.574. The summed E-state index contributed by atoms with van der Waals surface area (Å²) in [4.78, 5) is 14.6. The first kappa shape index (κ1) is 17.8. The maximum atomic E-state index is 12.2. The lowest BCUT2D eigenvalue weighted by Crippen LogP contribution is -2.19. The number of benzene rings is 3. The molecular formula is C22H20BrN3O. The van der Waals surface area contributed by atoms with Crippen LogP contribution in [0.5, 0.6) is 0 Å². The van der Waals surface area contributed by atoms with Crippen molar-refractivity contribution in [1.29, 1.82) is 0 Å². The van der Waals surface area contributed by atoms with E-state index in [0.29, 0.717) is 0 Å². The molecule has 3 aromatic carbocycles. The average molecular weight is 422 g/mol. The number of carbonyl (C=O) groups is 1. The van der Waals surface area contributed by atoms with Gasteiger partial charge in [-0.05, 0) is 53.1 Å². The van der Waals surface area contributed by atoms with Crippen molar-refractivity contribution in [2.24, 2.45) is 0 Å². The van der Waals surface area contributed by atoms with Crippen LogP contribution in [-0.4, -0.2) is 10.9 Å². The molecule has 0 radical (unpaired) electrons. The number of fused-ring (bicyclic) bond motifs is 1. The molecular weight excluding hydrogens is 402 g/mol. The van der Waals surface area contributed by atoms with Crippen molar-refractivity contribution >= 4 is 33.3 Å². The number of nitrogens with one attached hydrogen (secondary N) is 2. The van der Waals surface area contributed by atoms with Gasteiger partial charge in [0.2, 0.25) is 0 Å². The molecule has 5 heteroatoms. The van der Waals surface area contributed by atoms with Gasteiger partial charge in [0.05, 0.1) is 0 Å². The van der Waals surface area contributed by atoms with Gasteiger partial charge in [0.25, 0.3) is 0 Å². The Morgan fingerprint density at radius 3 is 2.30 bits per heavy atom. The van der Waals surface area contributed by atoms with Gasteiger partial charge in [-0.3, -0.25) is 4.90 Å². The number of rotatable bonds is 4. The van der Waals surface area contributed by atoms with Crippen molar-refractivity contribution in [1.82, 2.24) is 4.90 Å². The number of urea groups is 1. The third-order valence-corrected chi connectivity index (χ3v) is 5.13. The van der Waals surface area contributed by atoms with E-state index in [4.69, 9.17) is 0 Å². The van der Waals surface area contributed by atoms with Gasteiger partial charge in [-0.25, -0.2) is 4.79 Å². The number of anilines is 2. The lowest BCUT2D eigenvalue weighted by atomic mass is 10.1. The number of amides is 2. The molecule has 1 aliphatic rings. The molecule has 1 heterocycles. The van der Waals surface area contributed by atoms with E-state index in [1.165, 1.54) is 16.7 Å². The Balaban J connectivity index is 1.37. The second-order valence-corrected chi connectivity index (χ2v) is 7.62. The van der Waals surface area contributed by atoms with Gasteiger partial charge in [0.1, 0.15) is 0 Å². The molecule has 0 atom stereocenters. The average Bonchev–Trinajstić information content (AvgIpc) is 3.06. The number of hydrogen-bond acceptors (Lipinski definition) is 2. The number of halogens is 1. The van der Waals surface area contributed by atoms with Crippen LogP contribution in [0.3, 0.4) is 0 Å². The summed E-state index contributed by atoms with van der Waals surface area (Å²) in [7, 11) is 0. The topological polar surface area (TPSA) is 44.4 Å². The summed E-state index contributed by atoms with van der Waals surface area (Å²) in [5, 5.41) is 5.76. The van der Waals surface area contributed by atoms with Gasteiger partial charge in [-0.2, -0.15) is 0 Å². The lowest BCUT2D eigenvalue weighted by Gasteiger charge is -2.14. The Bertz CT molecular complexity index is 942. The number of carbonyl (C=O) groups excluding carboxylic acids is 1. The molecule has 0 saturated carbocycles. The molecule has 2 amide bonds. The Hall–Kier alpha value is -2.63. The fourth-order valence-electron chi connectivity index (χ4n) is 3.32. The van der Waals surface area contributed by atoms with Gasteiger partial charge in [-0.1, -0.05) is 52.3 Å². The van der Waals surface area contributed by atoms with Crippen LogP contribution in [0.4, 0.5) is 16.2 Å². The molecule has 0 fully saturated rings. The van der Waals surface area contributed by atoms with Gasteiger partial charge in [0.15, 0.2) is 0 Å². The largest absolute Gasteiger partial charge is 0.323 e. The van der Waals surface area contributed by atoms with Crippen LogP contribution in [0.1, 0.15) is 16.7 Å². The van der Waals surface area contributed by atoms with Crippen LogP contribution >= 0.6 is 15.9 Å². The van der Waals surface area contributed by atoms with Crippen LogP contribution in [0.2, 0.25) is 0 Å². The molecule has 4 nitrogen and oxygen atoms in total. The molecule has 0 aromatic heterocycles. The second kappa shape index (κ2) is 7.94. The monoisotopic (exact) mass is 421 g/mol. The van der Waals surface area contributed by atoms with E-state index in [1.54, 1.807) is 0 Å². The molecule has 1 aliphatic heterocycles. The minimum atomic E-state index is -0.239. The first-order chi connectivity index (χ1) is 13.2. The predicted octanol–water partition coefficient (Wildman–Crippen LogP) is 5.61. The fraction of sp³-hybridized carbons (Fsp3) is 0.136. The van der Waals surface area contributed by atoms with Crippen LogP contribution < -0.4 is 10.6 Å². The number of hydrogen-bond donors (Lipinski definition) is 2. The summed E-state index contributed by atoms with van der Waals surface area (Å²) < 4.78 is 0.979. The summed E-state index contributed by atoms with van der Waals surface area (Å²) in [6.07, 6.45) is 0. The second-order valence-electron chi connectivity index (χ2n) is 6.70. The van der Waals surface area contributed by atoms with Crippen molar-refractivity contribution in [2.45, 2.75) is 19.6 Å². The van der Waals surface area contributed by atoms with Crippen molar-refractivity contribution < 1.29 is 4.79 Å². The van der Waals surface area contributed by atoms with Crippen LogP contribution in [0, 0.1) is 0 Å². The highest BCUT2D eigenvalue weighted by Crippen LogP contribution is 2.27. The molecule has 4 rings (SSSR count). The zero-order chi connectivity index (χ0) is 18.6. The molecule has 0 bridgehead atoms. The zero-order valence-corrected chi connectivity index (χ0v) is 16.4. The first-order valence-corrected chi connectivity index (χ1v) is 9.67. The summed E-state index contributed by atoms with van der Waals surface area (Å²) in [6, 6.07) is 23.9. The molecule has 0 saturated heterocycles. The van der Waals surface area contributed by atoms with Gasteiger partial charge >= 0.3 is 6.03 Å². The fourth-order valence-corrected chi connectivity index (χ4v) is 3.59. The van der Waals surface area contributed by atoms with Crippen molar-refractivity contribution in [3.63, 3.8) is 0 Å². The minimum absolute atomic E-state index is 0.239. The van der Waals surface area contributed by atoms with E-state index in [-0.39, 0.29) is 6.03 Å². The molecule has 2 N–H and O–H groups in total. The summed E-state index contributed by atoms with van der Waals surface area (Å²) >= 11 is 3.39. The van der Waals surface area contributed by atoms with Gasteiger partial charge < -0.3 is 10.6 Å².